The molecule has 1 aromatic heterocycles. The molecule has 0 aromatic carbocycles. The average molecular weight is 263 g/mol. The molecule has 0 radical (unpaired) electrons. The fraction of sp³-hybridized carbons (Fsp3) is 0.556. The largest absolute Gasteiger partial charge is 0.394 e. The molecule has 0 bridgehead atoms. The van der Waals surface area contributed by atoms with Crippen molar-refractivity contribution in [3.63, 3.8) is 0 Å². The maximum atomic E-state index is 13.6. The average Bonchev–Trinajstić information content (AvgIpc) is 2.53. The first-order valence-electron chi connectivity index (χ1n) is 5.09. The van der Waals surface area contributed by atoms with Crippen LogP contribution in [0.4, 0.5) is 14.6 Å². The lowest BCUT2D eigenvalue weighted by atomic mass is 10.1. The number of nitrogens with one attached hydrogen (secondary N) is 2. The molecule has 1 aromatic rings. The van der Waals surface area contributed by atoms with E-state index in [0.717, 1.165) is 0 Å². The maximum Gasteiger partial charge on any atom is 0.346 e. The number of hydrogen-bond acceptors (Lipinski definition) is 6. The minimum atomic E-state index is -3.60. The summed E-state index contributed by atoms with van der Waals surface area (Å²) < 4.78 is 31.9. The van der Waals surface area contributed by atoms with E-state index in [1.54, 1.807) is 0 Å². The Morgan fingerprint density at radius 1 is 1.61 bits per heavy atom. The molecular formula is C9H11F2N3O4. The summed E-state index contributed by atoms with van der Waals surface area (Å²) in [5.74, 6) is -3.72. The summed E-state index contributed by atoms with van der Waals surface area (Å²) in [4.78, 5) is 16.5. The highest BCUT2D eigenvalue weighted by Crippen LogP contribution is 2.36. The summed E-state index contributed by atoms with van der Waals surface area (Å²) in [6.45, 7) is -0.738. The van der Waals surface area contributed by atoms with Crippen molar-refractivity contribution in [2.24, 2.45) is 0 Å². The van der Waals surface area contributed by atoms with Gasteiger partial charge in [-0.15, -0.1) is 0 Å². The van der Waals surface area contributed by atoms with Gasteiger partial charge in [0.1, 0.15) is 11.9 Å². The SMILES string of the molecule is O=c1nc(N[C@H]2O[C@H](CO)[C@@H](O)C2(F)F)cc[nH]1. The van der Waals surface area contributed by atoms with Gasteiger partial charge in [0.25, 0.3) is 0 Å². The number of hydrogen-bond donors (Lipinski definition) is 4. The molecule has 9 heteroatoms. The fourth-order valence-electron chi connectivity index (χ4n) is 1.60. The van der Waals surface area contributed by atoms with Gasteiger partial charge in [0.05, 0.1) is 6.61 Å². The molecule has 0 amide bonds. The normalized spacial score (nSPS) is 30.3. The number of nitrogens with zero attached hydrogens (tertiary/aromatic N) is 1. The lowest BCUT2D eigenvalue weighted by Crippen LogP contribution is -2.43. The molecule has 1 saturated heterocycles. The molecule has 2 heterocycles. The molecule has 100 valence electrons. The molecule has 18 heavy (non-hydrogen) atoms. The van der Waals surface area contributed by atoms with Crippen molar-refractivity contribution in [1.82, 2.24) is 9.97 Å². The zero-order valence-electron chi connectivity index (χ0n) is 9.01. The van der Waals surface area contributed by atoms with E-state index >= 15 is 0 Å². The quantitative estimate of drug-likeness (QED) is 0.551. The zero-order valence-corrected chi connectivity index (χ0v) is 9.01. The van der Waals surface area contributed by atoms with Gasteiger partial charge in [-0.05, 0) is 6.07 Å². The van der Waals surface area contributed by atoms with E-state index in [4.69, 9.17) is 9.84 Å². The predicted octanol–water partition coefficient (Wildman–Crippen LogP) is -1.10. The number of rotatable bonds is 3. The molecule has 0 unspecified atom stereocenters. The summed E-state index contributed by atoms with van der Waals surface area (Å²) in [5, 5.41) is 20.2. The lowest BCUT2D eigenvalue weighted by molar-refractivity contribution is -0.103. The number of H-pyrrole nitrogens is 1. The molecule has 1 aliphatic heterocycles. The summed E-state index contributed by atoms with van der Waals surface area (Å²) in [6.07, 6.45) is -4.15. The van der Waals surface area contributed by atoms with Crippen molar-refractivity contribution in [1.29, 1.82) is 0 Å². The number of aromatic amines is 1. The molecule has 4 N–H and O–H groups in total. The second kappa shape index (κ2) is 4.59. The maximum absolute atomic E-state index is 13.6. The summed E-state index contributed by atoms with van der Waals surface area (Å²) >= 11 is 0. The molecule has 3 atom stereocenters. The summed E-state index contributed by atoms with van der Waals surface area (Å²) in [6, 6.07) is 1.26. The standard InChI is InChI=1S/C9H11F2N3O4/c10-9(11)6(16)4(3-15)18-7(9)13-5-1-2-12-8(17)14-5/h1-2,4,6-7,15-16H,3H2,(H2,12,13,14,17)/t4-,6-,7+/m1/s1. The summed E-state index contributed by atoms with van der Waals surface area (Å²) in [5.41, 5.74) is -0.708. The van der Waals surface area contributed by atoms with Crippen molar-refractivity contribution in [2.45, 2.75) is 24.4 Å². The first-order chi connectivity index (χ1) is 8.45. The van der Waals surface area contributed by atoms with Crippen molar-refractivity contribution in [3.8, 4) is 0 Å². The number of halogens is 2. The van der Waals surface area contributed by atoms with Crippen LogP contribution in [0.25, 0.3) is 0 Å². The Bertz CT molecular complexity index is 481. The molecule has 0 spiro atoms. The van der Waals surface area contributed by atoms with Crippen LogP contribution in [0.5, 0.6) is 0 Å². The Hall–Kier alpha value is -1.58. The number of aliphatic hydroxyl groups excluding tert-OH is 2. The van der Waals surface area contributed by atoms with Crippen LogP contribution >= 0.6 is 0 Å². The van der Waals surface area contributed by atoms with Gasteiger partial charge in [0.2, 0.25) is 0 Å². The Kier molecular flexibility index (Phi) is 3.28. The smallest absolute Gasteiger partial charge is 0.346 e. The number of aromatic nitrogens is 2. The molecule has 2 rings (SSSR count). The highest BCUT2D eigenvalue weighted by atomic mass is 19.3. The van der Waals surface area contributed by atoms with Crippen molar-refractivity contribution in [3.05, 3.63) is 22.7 Å². The van der Waals surface area contributed by atoms with Crippen LogP contribution in [0.15, 0.2) is 17.1 Å². The minimum absolute atomic E-state index is 0.116. The fourth-order valence-corrected chi connectivity index (χ4v) is 1.60. The van der Waals surface area contributed by atoms with Crippen LogP contribution in [0, 0.1) is 0 Å². The lowest BCUT2D eigenvalue weighted by Gasteiger charge is -2.20. The Labute approximate surface area is 99.4 Å². The third-order valence-electron chi connectivity index (χ3n) is 2.54. The van der Waals surface area contributed by atoms with Gasteiger partial charge in [0.15, 0.2) is 12.3 Å². The van der Waals surface area contributed by atoms with Gasteiger partial charge in [-0.25, -0.2) is 4.79 Å². The first-order valence-corrected chi connectivity index (χ1v) is 5.09. The highest BCUT2D eigenvalue weighted by molar-refractivity contribution is 5.33. The van der Waals surface area contributed by atoms with Gasteiger partial charge in [-0.1, -0.05) is 0 Å². The van der Waals surface area contributed by atoms with Crippen LogP contribution in [0.3, 0.4) is 0 Å². The van der Waals surface area contributed by atoms with E-state index in [1.165, 1.54) is 12.3 Å². The van der Waals surface area contributed by atoms with E-state index in [1.807, 2.05) is 0 Å². The van der Waals surface area contributed by atoms with Gasteiger partial charge >= 0.3 is 11.6 Å². The van der Waals surface area contributed by atoms with Crippen molar-refractivity contribution in [2.75, 3.05) is 11.9 Å². The molecule has 1 fully saturated rings. The van der Waals surface area contributed by atoms with Crippen LogP contribution in [0.1, 0.15) is 0 Å². The number of ether oxygens (including phenoxy) is 1. The van der Waals surface area contributed by atoms with E-state index in [9.17, 15) is 18.7 Å². The Balaban J connectivity index is 2.17. The number of alkyl halides is 2. The minimum Gasteiger partial charge on any atom is -0.394 e. The molecular weight excluding hydrogens is 252 g/mol. The monoisotopic (exact) mass is 263 g/mol. The second-order valence-corrected chi connectivity index (χ2v) is 3.78. The Morgan fingerprint density at radius 3 is 2.89 bits per heavy atom. The third-order valence-corrected chi connectivity index (χ3v) is 2.54. The van der Waals surface area contributed by atoms with Gasteiger partial charge < -0.3 is 25.3 Å². The zero-order chi connectivity index (χ0) is 13.3. The number of aliphatic hydroxyl groups is 2. The van der Waals surface area contributed by atoms with Crippen LogP contribution in [0.2, 0.25) is 0 Å². The predicted molar refractivity (Wildman–Crippen MR) is 55.2 cm³/mol. The van der Waals surface area contributed by atoms with Gasteiger partial charge in [-0.2, -0.15) is 13.8 Å². The molecule has 0 aliphatic carbocycles. The van der Waals surface area contributed by atoms with Crippen LogP contribution in [-0.2, 0) is 4.74 Å². The summed E-state index contributed by atoms with van der Waals surface area (Å²) in [7, 11) is 0. The topological polar surface area (TPSA) is 107 Å². The van der Waals surface area contributed by atoms with Crippen LogP contribution in [-0.4, -0.2) is 51.1 Å². The van der Waals surface area contributed by atoms with Gasteiger partial charge in [-0.3, -0.25) is 0 Å². The molecule has 1 aliphatic rings. The third kappa shape index (κ3) is 2.19. The highest BCUT2D eigenvalue weighted by Gasteiger charge is 2.58. The second-order valence-electron chi connectivity index (χ2n) is 3.78. The van der Waals surface area contributed by atoms with Crippen molar-refractivity contribution >= 4 is 5.82 Å². The van der Waals surface area contributed by atoms with Crippen molar-refractivity contribution < 1.29 is 23.7 Å². The number of anilines is 1. The molecule has 7 nitrogen and oxygen atoms in total. The van der Waals surface area contributed by atoms with E-state index in [-0.39, 0.29) is 5.82 Å². The van der Waals surface area contributed by atoms with E-state index in [0.29, 0.717) is 0 Å². The Morgan fingerprint density at radius 2 is 2.33 bits per heavy atom. The van der Waals surface area contributed by atoms with E-state index < -0.39 is 36.7 Å². The van der Waals surface area contributed by atoms with E-state index in [2.05, 4.69) is 15.3 Å². The van der Waals surface area contributed by atoms with Crippen LogP contribution < -0.4 is 11.0 Å². The molecule has 0 saturated carbocycles. The van der Waals surface area contributed by atoms with Gasteiger partial charge in [0, 0.05) is 6.20 Å². The first kappa shape index (κ1) is 12.9.